The molecule has 0 aliphatic heterocycles. The third kappa shape index (κ3) is 5.50. The number of benzene rings is 1. The van der Waals surface area contributed by atoms with Crippen LogP contribution in [0.3, 0.4) is 0 Å². The first-order valence-corrected chi connectivity index (χ1v) is 9.02. The van der Waals surface area contributed by atoms with E-state index in [0.717, 1.165) is 30.6 Å². The molecule has 0 saturated heterocycles. The van der Waals surface area contributed by atoms with Gasteiger partial charge in [-0.05, 0) is 43.7 Å². The third-order valence-corrected chi connectivity index (χ3v) is 5.60. The van der Waals surface area contributed by atoms with Gasteiger partial charge in [-0.1, -0.05) is 31.4 Å². The van der Waals surface area contributed by atoms with Gasteiger partial charge in [0.2, 0.25) is 5.91 Å². The maximum Gasteiger partial charge on any atom is 0.224 e. The number of nitrogens with one attached hydrogen (secondary N) is 1. The SMILES string of the molecule is CN(c1ccccc1NC(=O)C[C@@H]1CCC[C@H]1N)C1CCCC1.Cl.Cl. The quantitative estimate of drug-likeness (QED) is 0.788. The molecule has 1 aromatic carbocycles. The average Bonchev–Trinajstić information content (AvgIpc) is 3.20. The molecule has 2 aliphatic rings. The van der Waals surface area contributed by atoms with E-state index in [1.54, 1.807) is 0 Å². The number of nitrogens with zero attached hydrogens (tertiary/aromatic N) is 1. The highest BCUT2D eigenvalue weighted by Gasteiger charge is 2.27. The van der Waals surface area contributed by atoms with Crippen LogP contribution in [-0.2, 0) is 4.79 Å². The first kappa shape index (κ1) is 22.1. The van der Waals surface area contributed by atoms with Crippen LogP contribution in [0.1, 0.15) is 51.4 Å². The Kier molecular flexibility index (Phi) is 9.04. The van der Waals surface area contributed by atoms with Crippen LogP contribution in [0, 0.1) is 5.92 Å². The minimum Gasteiger partial charge on any atom is -0.370 e. The van der Waals surface area contributed by atoms with E-state index in [1.807, 2.05) is 18.2 Å². The maximum atomic E-state index is 12.4. The molecule has 0 aromatic heterocycles. The fourth-order valence-electron chi connectivity index (χ4n) is 4.13. The molecule has 2 fully saturated rings. The predicted molar refractivity (Wildman–Crippen MR) is 110 cm³/mol. The molecule has 0 radical (unpaired) electrons. The van der Waals surface area contributed by atoms with Gasteiger partial charge in [0.1, 0.15) is 0 Å². The summed E-state index contributed by atoms with van der Waals surface area (Å²) in [4.78, 5) is 14.8. The van der Waals surface area contributed by atoms with Crippen LogP contribution in [0.15, 0.2) is 24.3 Å². The Labute approximate surface area is 163 Å². The van der Waals surface area contributed by atoms with E-state index in [9.17, 15) is 4.79 Å². The molecule has 6 heteroatoms. The van der Waals surface area contributed by atoms with Crippen molar-refractivity contribution in [3.8, 4) is 0 Å². The van der Waals surface area contributed by atoms with Gasteiger partial charge in [-0.25, -0.2) is 0 Å². The summed E-state index contributed by atoms with van der Waals surface area (Å²) in [5.74, 6) is 0.439. The van der Waals surface area contributed by atoms with Gasteiger partial charge in [0, 0.05) is 25.6 Å². The van der Waals surface area contributed by atoms with Crippen LogP contribution in [0.25, 0.3) is 0 Å². The number of amides is 1. The molecular weight excluding hydrogens is 357 g/mol. The van der Waals surface area contributed by atoms with Crippen molar-refractivity contribution in [2.24, 2.45) is 11.7 Å². The van der Waals surface area contributed by atoms with E-state index in [4.69, 9.17) is 5.73 Å². The minimum absolute atomic E-state index is 0. The summed E-state index contributed by atoms with van der Waals surface area (Å²) in [6.45, 7) is 0. The Hall–Kier alpha value is -0.970. The van der Waals surface area contributed by atoms with Gasteiger partial charge in [0.05, 0.1) is 11.4 Å². The van der Waals surface area contributed by atoms with Crippen LogP contribution < -0.4 is 16.0 Å². The molecule has 1 aromatic rings. The first-order valence-electron chi connectivity index (χ1n) is 9.02. The number of carbonyl (C=O) groups is 1. The number of carbonyl (C=O) groups excluding carboxylic acids is 1. The normalized spacial score (nSPS) is 22.8. The lowest BCUT2D eigenvalue weighted by atomic mass is 10.00. The summed E-state index contributed by atoms with van der Waals surface area (Å²) < 4.78 is 0. The lowest BCUT2D eigenvalue weighted by Crippen LogP contribution is -2.31. The number of rotatable bonds is 5. The molecule has 3 rings (SSSR count). The fraction of sp³-hybridized carbons (Fsp3) is 0.632. The van der Waals surface area contributed by atoms with Crippen molar-refractivity contribution in [1.29, 1.82) is 0 Å². The molecular formula is C19H31Cl2N3O. The number of hydrogen-bond donors (Lipinski definition) is 2. The standard InChI is InChI=1S/C19H29N3O.2ClH/c1-22(15-8-2-3-9-15)18-12-5-4-11-17(18)21-19(23)13-14-7-6-10-16(14)20;;/h4-5,11-12,14-16H,2-3,6-10,13,20H2,1H3,(H,21,23);2*1H/t14-,16+;;/m0../s1. The zero-order valence-electron chi connectivity index (χ0n) is 14.9. The summed E-state index contributed by atoms with van der Waals surface area (Å²) >= 11 is 0. The van der Waals surface area contributed by atoms with E-state index in [-0.39, 0.29) is 36.8 Å². The van der Waals surface area contributed by atoms with Crippen molar-refractivity contribution < 1.29 is 4.79 Å². The lowest BCUT2D eigenvalue weighted by molar-refractivity contribution is -0.117. The van der Waals surface area contributed by atoms with E-state index < -0.39 is 0 Å². The third-order valence-electron chi connectivity index (χ3n) is 5.60. The number of halogens is 2. The summed E-state index contributed by atoms with van der Waals surface area (Å²) in [6, 6.07) is 8.93. The summed E-state index contributed by atoms with van der Waals surface area (Å²) in [5.41, 5.74) is 8.15. The number of anilines is 2. The molecule has 4 nitrogen and oxygen atoms in total. The van der Waals surface area contributed by atoms with E-state index in [2.05, 4.69) is 23.3 Å². The molecule has 2 aliphatic carbocycles. The number of hydrogen-bond acceptors (Lipinski definition) is 3. The zero-order chi connectivity index (χ0) is 16.2. The highest BCUT2D eigenvalue weighted by atomic mass is 35.5. The van der Waals surface area contributed by atoms with Gasteiger partial charge < -0.3 is 16.0 Å². The van der Waals surface area contributed by atoms with Crippen LogP contribution >= 0.6 is 24.8 Å². The molecule has 1 amide bonds. The van der Waals surface area contributed by atoms with Crippen molar-refractivity contribution in [1.82, 2.24) is 0 Å². The molecule has 142 valence electrons. The molecule has 0 unspecified atom stereocenters. The molecule has 25 heavy (non-hydrogen) atoms. The van der Waals surface area contributed by atoms with Gasteiger partial charge >= 0.3 is 0 Å². The molecule has 0 spiro atoms. The Morgan fingerprint density at radius 3 is 2.44 bits per heavy atom. The van der Waals surface area contributed by atoms with Crippen LogP contribution in [0.2, 0.25) is 0 Å². The van der Waals surface area contributed by atoms with Crippen molar-refractivity contribution in [2.45, 2.75) is 63.5 Å². The Bertz CT molecular complexity index is 549. The molecule has 2 atom stereocenters. The van der Waals surface area contributed by atoms with Crippen molar-refractivity contribution in [3.05, 3.63) is 24.3 Å². The van der Waals surface area contributed by atoms with Crippen LogP contribution in [0.4, 0.5) is 11.4 Å². The lowest BCUT2D eigenvalue weighted by Gasteiger charge is -2.28. The van der Waals surface area contributed by atoms with Gasteiger partial charge in [0.25, 0.3) is 0 Å². The van der Waals surface area contributed by atoms with Gasteiger partial charge in [-0.15, -0.1) is 24.8 Å². The smallest absolute Gasteiger partial charge is 0.224 e. The Balaban J connectivity index is 0.00000156. The van der Waals surface area contributed by atoms with E-state index in [1.165, 1.54) is 25.7 Å². The second kappa shape index (κ2) is 10.2. The van der Waals surface area contributed by atoms with Crippen molar-refractivity contribution >= 4 is 42.1 Å². The summed E-state index contributed by atoms with van der Waals surface area (Å²) in [6.07, 6.45) is 8.94. The predicted octanol–water partition coefficient (Wildman–Crippen LogP) is 4.37. The fourth-order valence-corrected chi connectivity index (χ4v) is 4.13. The zero-order valence-corrected chi connectivity index (χ0v) is 16.6. The monoisotopic (exact) mass is 387 g/mol. The van der Waals surface area contributed by atoms with Crippen molar-refractivity contribution in [2.75, 3.05) is 17.3 Å². The minimum atomic E-state index is 0. The molecule has 0 heterocycles. The maximum absolute atomic E-state index is 12.4. The van der Waals surface area contributed by atoms with Crippen LogP contribution in [0.5, 0.6) is 0 Å². The van der Waals surface area contributed by atoms with Crippen LogP contribution in [-0.4, -0.2) is 25.0 Å². The summed E-state index contributed by atoms with van der Waals surface area (Å²) in [5, 5.41) is 3.13. The topological polar surface area (TPSA) is 58.4 Å². The second-order valence-corrected chi connectivity index (χ2v) is 7.17. The Morgan fingerprint density at radius 2 is 1.80 bits per heavy atom. The largest absolute Gasteiger partial charge is 0.370 e. The molecule has 3 N–H and O–H groups in total. The number of nitrogens with two attached hydrogens (primary N) is 1. The first-order chi connectivity index (χ1) is 11.1. The molecule has 0 bridgehead atoms. The Morgan fingerprint density at radius 1 is 1.12 bits per heavy atom. The van der Waals surface area contributed by atoms with Gasteiger partial charge in [-0.2, -0.15) is 0 Å². The van der Waals surface area contributed by atoms with Gasteiger partial charge in [0.15, 0.2) is 0 Å². The van der Waals surface area contributed by atoms with Crippen molar-refractivity contribution in [3.63, 3.8) is 0 Å². The highest BCUT2D eigenvalue weighted by molar-refractivity contribution is 5.94. The molecule has 2 saturated carbocycles. The van der Waals surface area contributed by atoms with E-state index in [0.29, 0.717) is 18.4 Å². The average molecular weight is 388 g/mol. The summed E-state index contributed by atoms with van der Waals surface area (Å²) in [7, 11) is 2.15. The number of para-hydroxylation sites is 2. The van der Waals surface area contributed by atoms with E-state index >= 15 is 0 Å². The highest BCUT2D eigenvalue weighted by Crippen LogP contribution is 2.32. The second-order valence-electron chi connectivity index (χ2n) is 7.17. The van der Waals surface area contributed by atoms with Gasteiger partial charge in [-0.3, -0.25) is 4.79 Å².